The van der Waals surface area contributed by atoms with Crippen molar-refractivity contribution in [1.82, 2.24) is 0 Å². The second-order valence-corrected chi connectivity index (χ2v) is 4.94. The first kappa shape index (κ1) is 12.4. The lowest BCUT2D eigenvalue weighted by atomic mass is 9.96. The van der Waals surface area contributed by atoms with Crippen LogP contribution >= 0.6 is 11.6 Å². The van der Waals surface area contributed by atoms with E-state index in [2.05, 4.69) is 11.1 Å². The monoisotopic (exact) mass is 247 g/mol. The van der Waals surface area contributed by atoms with Crippen molar-refractivity contribution in [1.29, 1.82) is 0 Å². The van der Waals surface area contributed by atoms with Gasteiger partial charge in [-0.2, -0.15) is 0 Å². The third-order valence-corrected chi connectivity index (χ3v) is 3.37. The fourth-order valence-electron chi connectivity index (χ4n) is 2.13. The SMILES string of the molecule is Clc1ccc(/C=C/C=NC2CCCCC2)cc1. The Labute approximate surface area is 108 Å². The maximum atomic E-state index is 5.82. The number of nitrogens with zero attached hydrogens (tertiary/aromatic N) is 1. The van der Waals surface area contributed by atoms with E-state index < -0.39 is 0 Å². The maximum absolute atomic E-state index is 5.82. The minimum absolute atomic E-state index is 0.554. The van der Waals surface area contributed by atoms with E-state index in [1.165, 1.54) is 32.1 Å². The van der Waals surface area contributed by atoms with Gasteiger partial charge in [0.05, 0.1) is 0 Å². The highest BCUT2D eigenvalue weighted by Crippen LogP contribution is 2.19. The Bertz CT molecular complexity index is 386. The van der Waals surface area contributed by atoms with Crippen molar-refractivity contribution >= 4 is 23.9 Å². The average molecular weight is 248 g/mol. The predicted molar refractivity (Wildman–Crippen MR) is 75.9 cm³/mol. The van der Waals surface area contributed by atoms with Crippen molar-refractivity contribution in [3.05, 3.63) is 40.9 Å². The van der Waals surface area contributed by atoms with Crippen molar-refractivity contribution in [2.24, 2.45) is 4.99 Å². The largest absolute Gasteiger partial charge is 0.290 e. The van der Waals surface area contributed by atoms with Crippen LogP contribution < -0.4 is 0 Å². The van der Waals surface area contributed by atoms with E-state index in [9.17, 15) is 0 Å². The molecule has 2 rings (SSSR count). The molecule has 1 aromatic carbocycles. The Morgan fingerprint density at radius 3 is 2.47 bits per heavy atom. The molecular weight excluding hydrogens is 230 g/mol. The molecule has 1 aliphatic carbocycles. The van der Waals surface area contributed by atoms with Crippen LogP contribution in [0.2, 0.25) is 5.02 Å². The normalized spacial score (nSPS) is 18.2. The third-order valence-electron chi connectivity index (χ3n) is 3.12. The van der Waals surface area contributed by atoms with Gasteiger partial charge in [0.15, 0.2) is 0 Å². The van der Waals surface area contributed by atoms with Gasteiger partial charge in [-0.1, -0.05) is 49.1 Å². The van der Waals surface area contributed by atoms with Gasteiger partial charge in [-0.05, 0) is 36.6 Å². The van der Waals surface area contributed by atoms with Crippen LogP contribution in [0.5, 0.6) is 0 Å². The molecule has 0 N–H and O–H groups in total. The van der Waals surface area contributed by atoms with Crippen LogP contribution in [0.4, 0.5) is 0 Å². The quantitative estimate of drug-likeness (QED) is 0.683. The fraction of sp³-hybridized carbons (Fsp3) is 0.400. The molecule has 1 nitrogen and oxygen atoms in total. The minimum atomic E-state index is 0.554. The fourth-order valence-corrected chi connectivity index (χ4v) is 2.26. The molecule has 0 aromatic heterocycles. The summed E-state index contributed by atoms with van der Waals surface area (Å²) in [6, 6.07) is 8.37. The van der Waals surface area contributed by atoms with Crippen LogP contribution in [0.15, 0.2) is 35.3 Å². The minimum Gasteiger partial charge on any atom is -0.290 e. The first-order valence-electron chi connectivity index (χ1n) is 6.30. The van der Waals surface area contributed by atoms with E-state index >= 15 is 0 Å². The van der Waals surface area contributed by atoms with E-state index in [0.29, 0.717) is 6.04 Å². The first-order chi connectivity index (χ1) is 8.34. The summed E-state index contributed by atoms with van der Waals surface area (Å²) in [6.45, 7) is 0. The lowest BCUT2D eigenvalue weighted by molar-refractivity contribution is 0.444. The van der Waals surface area contributed by atoms with Gasteiger partial charge in [-0.25, -0.2) is 0 Å². The number of allylic oxidation sites excluding steroid dienone is 1. The highest BCUT2D eigenvalue weighted by Gasteiger charge is 2.09. The Morgan fingerprint density at radius 2 is 1.76 bits per heavy atom. The van der Waals surface area contributed by atoms with Crippen LogP contribution in [0.3, 0.4) is 0 Å². The topological polar surface area (TPSA) is 12.4 Å². The molecule has 0 radical (unpaired) electrons. The molecule has 2 heteroatoms. The predicted octanol–water partition coefficient (Wildman–Crippen LogP) is 4.76. The zero-order valence-corrected chi connectivity index (χ0v) is 10.7. The summed E-state index contributed by atoms with van der Waals surface area (Å²) < 4.78 is 0. The molecule has 90 valence electrons. The summed E-state index contributed by atoms with van der Waals surface area (Å²) in [7, 11) is 0. The Balaban J connectivity index is 1.84. The van der Waals surface area contributed by atoms with E-state index in [0.717, 1.165) is 10.6 Å². The zero-order valence-electron chi connectivity index (χ0n) is 9.98. The molecule has 0 aliphatic heterocycles. The second kappa shape index (κ2) is 6.61. The first-order valence-corrected chi connectivity index (χ1v) is 6.68. The number of benzene rings is 1. The molecule has 1 saturated carbocycles. The van der Waals surface area contributed by atoms with Gasteiger partial charge in [0, 0.05) is 17.3 Å². The van der Waals surface area contributed by atoms with Gasteiger partial charge in [0.25, 0.3) is 0 Å². The van der Waals surface area contributed by atoms with Crippen LogP contribution in [-0.4, -0.2) is 12.3 Å². The summed E-state index contributed by atoms with van der Waals surface area (Å²) in [5.41, 5.74) is 1.16. The smallest absolute Gasteiger partial charge is 0.0499 e. The number of aliphatic imine (C=N–C) groups is 1. The van der Waals surface area contributed by atoms with Crippen LogP contribution in [0.1, 0.15) is 37.7 Å². The van der Waals surface area contributed by atoms with E-state index in [1.807, 2.05) is 36.6 Å². The molecule has 1 aliphatic rings. The second-order valence-electron chi connectivity index (χ2n) is 4.50. The standard InChI is InChI=1S/C15H18ClN/c16-14-10-8-13(9-11-14)5-4-12-17-15-6-2-1-3-7-15/h4-5,8-12,15H,1-3,6-7H2/b5-4+,17-12?. The van der Waals surface area contributed by atoms with E-state index in [1.54, 1.807) is 0 Å². The van der Waals surface area contributed by atoms with E-state index in [-0.39, 0.29) is 0 Å². The Morgan fingerprint density at radius 1 is 1.06 bits per heavy atom. The third kappa shape index (κ3) is 4.35. The van der Waals surface area contributed by atoms with Crippen molar-refractivity contribution in [3.63, 3.8) is 0 Å². The summed E-state index contributed by atoms with van der Waals surface area (Å²) in [4.78, 5) is 4.58. The van der Waals surface area contributed by atoms with Crippen molar-refractivity contribution in [3.8, 4) is 0 Å². The van der Waals surface area contributed by atoms with Gasteiger partial charge in [-0.15, -0.1) is 0 Å². The molecule has 0 amide bonds. The highest BCUT2D eigenvalue weighted by molar-refractivity contribution is 6.30. The van der Waals surface area contributed by atoms with Crippen molar-refractivity contribution in [2.45, 2.75) is 38.1 Å². The lowest BCUT2D eigenvalue weighted by Gasteiger charge is -2.16. The molecule has 0 atom stereocenters. The van der Waals surface area contributed by atoms with Crippen LogP contribution in [0.25, 0.3) is 6.08 Å². The molecule has 0 spiro atoms. The molecule has 0 saturated heterocycles. The number of rotatable bonds is 3. The van der Waals surface area contributed by atoms with Crippen LogP contribution in [-0.2, 0) is 0 Å². The molecule has 1 fully saturated rings. The van der Waals surface area contributed by atoms with Gasteiger partial charge >= 0.3 is 0 Å². The van der Waals surface area contributed by atoms with Gasteiger partial charge in [0.2, 0.25) is 0 Å². The lowest BCUT2D eigenvalue weighted by Crippen LogP contribution is -2.09. The molecule has 1 aromatic rings. The molecular formula is C15H18ClN. The van der Waals surface area contributed by atoms with Crippen LogP contribution in [0, 0.1) is 0 Å². The van der Waals surface area contributed by atoms with Gasteiger partial charge in [-0.3, -0.25) is 4.99 Å². The summed E-state index contributed by atoms with van der Waals surface area (Å²) in [6.07, 6.45) is 12.6. The Kier molecular flexibility index (Phi) is 4.81. The molecule has 0 bridgehead atoms. The number of hydrogen-bond acceptors (Lipinski definition) is 1. The summed E-state index contributed by atoms with van der Waals surface area (Å²) in [5.74, 6) is 0. The molecule has 17 heavy (non-hydrogen) atoms. The van der Waals surface area contributed by atoms with Crippen molar-refractivity contribution < 1.29 is 0 Å². The van der Waals surface area contributed by atoms with Crippen molar-refractivity contribution in [2.75, 3.05) is 0 Å². The summed E-state index contributed by atoms with van der Waals surface area (Å²) >= 11 is 5.82. The molecule has 0 unspecified atom stereocenters. The zero-order chi connectivity index (χ0) is 11.9. The summed E-state index contributed by atoms with van der Waals surface area (Å²) in [5, 5.41) is 0.776. The Hall–Kier alpha value is -1.08. The van der Waals surface area contributed by atoms with Gasteiger partial charge in [0.1, 0.15) is 0 Å². The average Bonchev–Trinajstić information content (AvgIpc) is 2.38. The maximum Gasteiger partial charge on any atom is 0.0499 e. The molecule has 0 heterocycles. The van der Waals surface area contributed by atoms with E-state index in [4.69, 9.17) is 11.6 Å². The highest BCUT2D eigenvalue weighted by atomic mass is 35.5. The number of hydrogen-bond donors (Lipinski definition) is 0. The van der Waals surface area contributed by atoms with Gasteiger partial charge < -0.3 is 0 Å². The number of halogens is 1.